The minimum atomic E-state index is 0.414. The van der Waals surface area contributed by atoms with Gasteiger partial charge in [0.15, 0.2) is 5.82 Å². The largest absolute Gasteiger partial charge is 0.354 e. The van der Waals surface area contributed by atoms with Crippen LogP contribution in [0.4, 0.5) is 5.82 Å². The van der Waals surface area contributed by atoms with Gasteiger partial charge in [-0.05, 0) is 37.1 Å². The van der Waals surface area contributed by atoms with Crippen molar-refractivity contribution in [3.05, 3.63) is 60.6 Å². The van der Waals surface area contributed by atoms with Crippen molar-refractivity contribution < 1.29 is 0 Å². The zero-order valence-electron chi connectivity index (χ0n) is 14.0. The zero-order chi connectivity index (χ0) is 16.9. The summed E-state index contributed by atoms with van der Waals surface area (Å²) in [6.07, 6.45) is 5.99. The van der Waals surface area contributed by atoms with Crippen LogP contribution >= 0.6 is 0 Å². The average Bonchev–Trinajstić information content (AvgIpc) is 3.17. The Kier molecular flexibility index (Phi) is 4.65. The van der Waals surface area contributed by atoms with Crippen molar-refractivity contribution >= 4 is 5.82 Å². The molecule has 25 heavy (non-hydrogen) atoms. The van der Waals surface area contributed by atoms with Crippen LogP contribution in [0.5, 0.6) is 0 Å². The van der Waals surface area contributed by atoms with Crippen molar-refractivity contribution in [2.75, 3.05) is 18.0 Å². The summed E-state index contributed by atoms with van der Waals surface area (Å²) < 4.78 is 1.81. The van der Waals surface area contributed by atoms with Crippen LogP contribution in [0.3, 0.4) is 0 Å². The molecular weight excluding hydrogens is 314 g/mol. The zero-order valence-corrected chi connectivity index (χ0v) is 14.0. The van der Waals surface area contributed by atoms with E-state index in [1.54, 1.807) is 6.20 Å². The molecule has 0 saturated carbocycles. The highest BCUT2D eigenvalue weighted by molar-refractivity contribution is 5.37. The van der Waals surface area contributed by atoms with E-state index < -0.39 is 0 Å². The average molecular weight is 335 g/mol. The summed E-state index contributed by atoms with van der Waals surface area (Å²) in [4.78, 5) is 2.29. The topological polar surface area (TPSA) is 71.8 Å². The third-order valence-corrected chi connectivity index (χ3v) is 4.44. The second kappa shape index (κ2) is 7.40. The predicted molar refractivity (Wildman–Crippen MR) is 95.5 cm³/mol. The number of benzene rings is 1. The highest BCUT2D eigenvalue weighted by Crippen LogP contribution is 2.17. The molecule has 1 atom stereocenters. The van der Waals surface area contributed by atoms with E-state index in [1.165, 1.54) is 0 Å². The van der Waals surface area contributed by atoms with Gasteiger partial charge < -0.3 is 10.2 Å². The number of hydrogen-bond donors (Lipinski definition) is 1. The smallest absolute Gasteiger partial charge is 0.151 e. The third kappa shape index (κ3) is 3.83. The van der Waals surface area contributed by atoms with Crippen LogP contribution in [-0.2, 0) is 6.54 Å². The van der Waals surface area contributed by atoms with E-state index in [0.717, 1.165) is 43.1 Å². The molecule has 128 valence electrons. The first-order chi connectivity index (χ1) is 12.4. The fourth-order valence-electron chi connectivity index (χ4n) is 3.15. The van der Waals surface area contributed by atoms with Gasteiger partial charge in [0.1, 0.15) is 0 Å². The number of rotatable bonds is 5. The van der Waals surface area contributed by atoms with Crippen LogP contribution in [0.15, 0.2) is 54.9 Å². The van der Waals surface area contributed by atoms with Gasteiger partial charge in [-0.1, -0.05) is 23.4 Å². The number of aromatic nitrogens is 5. The van der Waals surface area contributed by atoms with Crippen molar-refractivity contribution in [1.29, 1.82) is 0 Å². The normalized spacial score (nSPS) is 17.6. The highest BCUT2D eigenvalue weighted by Gasteiger charge is 2.20. The van der Waals surface area contributed by atoms with Crippen molar-refractivity contribution in [2.45, 2.75) is 25.4 Å². The van der Waals surface area contributed by atoms with Crippen LogP contribution in [0.1, 0.15) is 18.5 Å². The van der Waals surface area contributed by atoms with Gasteiger partial charge in [-0.15, -0.1) is 10.2 Å². The van der Waals surface area contributed by atoms with Gasteiger partial charge in [0, 0.05) is 31.9 Å². The number of nitrogens with one attached hydrogen (secondary N) is 1. The van der Waals surface area contributed by atoms with Gasteiger partial charge in [0.25, 0.3) is 0 Å². The van der Waals surface area contributed by atoms with Crippen molar-refractivity contribution in [3.8, 4) is 5.69 Å². The van der Waals surface area contributed by atoms with Gasteiger partial charge in [-0.3, -0.25) is 0 Å². The summed E-state index contributed by atoms with van der Waals surface area (Å²) in [5, 5.41) is 20.3. The standard InChI is InChI=1S/C18H21N7/c1-2-7-17(8-3-1)25-14-16(21-23-25)12-19-15-6-5-11-24(13-15)18-9-4-10-20-22-18/h1-4,7-10,14-15,19H,5-6,11-13H2/t15-/m0/s1. The monoisotopic (exact) mass is 335 g/mol. The highest BCUT2D eigenvalue weighted by atomic mass is 15.4. The van der Waals surface area contributed by atoms with E-state index in [0.29, 0.717) is 12.6 Å². The van der Waals surface area contributed by atoms with Crippen molar-refractivity contribution in [1.82, 2.24) is 30.5 Å². The molecule has 0 radical (unpaired) electrons. The van der Waals surface area contributed by atoms with E-state index in [1.807, 2.05) is 53.3 Å². The van der Waals surface area contributed by atoms with Crippen LogP contribution in [0.2, 0.25) is 0 Å². The Morgan fingerprint density at radius 1 is 1.08 bits per heavy atom. The molecule has 1 aromatic carbocycles. The molecule has 0 bridgehead atoms. The lowest BCUT2D eigenvalue weighted by Gasteiger charge is -2.33. The van der Waals surface area contributed by atoms with Crippen LogP contribution in [-0.4, -0.2) is 44.3 Å². The Morgan fingerprint density at radius 2 is 2.00 bits per heavy atom. The second-order valence-corrected chi connectivity index (χ2v) is 6.24. The molecule has 0 aliphatic carbocycles. The lowest BCUT2D eigenvalue weighted by Crippen LogP contribution is -2.45. The molecule has 4 rings (SSSR count). The van der Waals surface area contributed by atoms with E-state index >= 15 is 0 Å². The molecule has 1 aliphatic rings. The quantitative estimate of drug-likeness (QED) is 0.767. The molecule has 7 heteroatoms. The fraction of sp³-hybridized carbons (Fsp3) is 0.333. The molecule has 1 fully saturated rings. The number of para-hydroxylation sites is 1. The molecular formula is C18H21N7. The first-order valence-corrected chi connectivity index (χ1v) is 8.61. The van der Waals surface area contributed by atoms with Gasteiger partial charge in [-0.25, -0.2) is 4.68 Å². The summed E-state index contributed by atoms with van der Waals surface area (Å²) >= 11 is 0. The number of nitrogens with zero attached hydrogens (tertiary/aromatic N) is 6. The summed E-state index contributed by atoms with van der Waals surface area (Å²) in [6.45, 7) is 2.68. The Balaban J connectivity index is 1.35. The molecule has 2 aromatic heterocycles. The maximum absolute atomic E-state index is 4.27. The van der Waals surface area contributed by atoms with Gasteiger partial charge >= 0.3 is 0 Å². The van der Waals surface area contributed by atoms with Crippen LogP contribution in [0.25, 0.3) is 5.69 Å². The summed E-state index contributed by atoms with van der Waals surface area (Å²) in [7, 11) is 0. The minimum Gasteiger partial charge on any atom is -0.354 e. The molecule has 0 amide bonds. The number of anilines is 1. The molecule has 1 N–H and O–H groups in total. The first kappa shape index (κ1) is 15.7. The molecule has 0 unspecified atom stereocenters. The Labute approximate surface area is 146 Å². The van der Waals surface area contributed by atoms with Gasteiger partial charge in [0.2, 0.25) is 0 Å². The van der Waals surface area contributed by atoms with E-state index in [4.69, 9.17) is 0 Å². The first-order valence-electron chi connectivity index (χ1n) is 8.61. The molecule has 7 nitrogen and oxygen atoms in total. The number of hydrogen-bond acceptors (Lipinski definition) is 6. The Morgan fingerprint density at radius 3 is 2.84 bits per heavy atom. The summed E-state index contributed by atoms with van der Waals surface area (Å²) in [5.41, 5.74) is 1.97. The third-order valence-electron chi connectivity index (χ3n) is 4.44. The molecule has 3 aromatic rings. The van der Waals surface area contributed by atoms with E-state index in [9.17, 15) is 0 Å². The van der Waals surface area contributed by atoms with Crippen LogP contribution in [0, 0.1) is 0 Å². The fourth-order valence-corrected chi connectivity index (χ4v) is 3.15. The van der Waals surface area contributed by atoms with E-state index in [2.05, 4.69) is 30.7 Å². The second-order valence-electron chi connectivity index (χ2n) is 6.24. The van der Waals surface area contributed by atoms with Gasteiger partial charge in [-0.2, -0.15) is 5.10 Å². The maximum Gasteiger partial charge on any atom is 0.151 e. The molecule has 0 spiro atoms. The maximum atomic E-state index is 4.27. The summed E-state index contributed by atoms with van der Waals surface area (Å²) in [6, 6.07) is 14.4. The predicted octanol–water partition coefficient (Wildman–Crippen LogP) is 1.82. The Hall–Kier alpha value is -2.80. The molecule has 3 heterocycles. The number of piperidine rings is 1. The molecule has 1 saturated heterocycles. The lowest BCUT2D eigenvalue weighted by molar-refractivity contribution is 0.417. The molecule has 1 aliphatic heterocycles. The van der Waals surface area contributed by atoms with Crippen molar-refractivity contribution in [2.24, 2.45) is 0 Å². The van der Waals surface area contributed by atoms with Crippen molar-refractivity contribution in [3.63, 3.8) is 0 Å². The van der Waals surface area contributed by atoms with Gasteiger partial charge in [0.05, 0.1) is 17.6 Å². The summed E-state index contributed by atoms with van der Waals surface area (Å²) in [5.74, 6) is 0.948. The minimum absolute atomic E-state index is 0.414. The SMILES string of the molecule is c1ccc(-n2cc(CN[C@H]3CCCN(c4cccnn4)C3)nn2)cc1. The van der Waals surface area contributed by atoms with Crippen LogP contribution < -0.4 is 10.2 Å². The lowest BCUT2D eigenvalue weighted by atomic mass is 10.1. The van der Waals surface area contributed by atoms with E-state index in [-0.39, 0.29) is 0 Å². The Bertz CT molecular complexity index is 787.